The number of likely N-dealkylation sites (tertiary alicyclic amines) is 1. The summed E-state index contributed by atoms with van der Waals surface area (Å²) in [6.45, 7) is 4.71. The first-order chi connectivity index (χ1) is 22.6. The average molecular weight is 675 g/mol. The summed E-state index contributed by atoms with van der Waals surface area (Å²) in [5.74, 6) is -4.53. The van der Waals surface area contributed by atoms with E-state index in [0.29, 0.717) is 54.1 Å². The van der Waals surface area contributed by atoms with Crippen molar-refractivity contribution in [3.63, 3.8) is 0 Å². The lowest BCUT2D eigenvalue weighted by Gasteiger charge is -2.37. The van der Waals surface area contributed by atoms with Gasteiger partial charge in [-0.25, -0.2) is 13.6 Å². The average Bonchev–Trinajstić information content (AvgIpc) is 2.96. The molecule has 1 aromatic heterocycles. The number of carboxylic acid groups (broad SMARTS) is 1. The minimum atomic E-state index is -5.17. The molecule has 0 spiro atoms. The summed E-state index contributed by atoms with van der Waals surface area (Å²) in [6.07, 6.45) is -0.749. The molecule has 3 heterocycles. The van der Waals surface area contributed by atoms with Gasteiger partial charge in [0.1, 0.15) is 17.7 Å². The quantitative estimate of drug-likeness (QED) is 0.302. The van der Waals surface area contributed by atoms with Gasteiger partial charge in [-0.1, -0.05) is 25.7 Å². The number of benzene rings is 2. The van der Waals surface area contributed by atoms with Crippen LogP contribution in [-0.2, 0) is 22.2 Å². The van der Waals surface area contributed by atoms with Crippen molar-refractivity contribution in [1.82, 2.24) is 19.8 Å². The van der Waals surface area contributed by atoms with E-state index in [1.54, 1.807) is 20.0 Å². The Balaban J connectivity index is 1.67. The molecule has 5 rings (SSSR count). The number of aromatic nitrogens is 2. The molecule has 8 nitrogen and oxygen atoms in total. The molecule has 0 aliphatic carbocycles. The van der Waals surface area contributed by atoms with Crippen molar-refractivity contribution >= 4 is 11.9 Å². The van der Waals surface area contributed by atoms with Gasteiger partial charge in [-0.2, -0.15) is 18.2 Å². The SMILES string of the molecule is Cc1cc(F)cc2c1-c1cc(c(F)c(C(F)(F)F)c1)[C@H](CC(=O)O)NC(=O)[C@@H](n1cc(C3CN(C)C3)c(C)nc1=O)CCCCCCC2. The molecule has 2 aromatic carbocycles. The van der Waals surface area contributed by atoms with E-state index in [4.69, 9.17) is 0 Å². The highest BCUT2D eigenvalue weighted by Gasteiger charge is 2.38. The van der Waals surface area contributed by atoms with Crippen LogP contribution in [0.25, 0.3) is 11.1 Å². The Bertz CT molecular complexity index is 1770. The number of aliphatic carboxylic acids is 1. The highest BCUT2D eigenvalue weighted by Crippen LogP contribution is 2.41. The number of nitrogens with one attached hydrogen (secondary N) is 1. The van der Waals surface area contributed by atoms with E-state index in [0.717, 1.165) is 37.6 Å². The van der Waals surface area contributed by atoms with Crippen molar-refractivity contribution in [1.29, 1.82) is 0 Å². The van der Waals surface area contributed by atoms with E-state index < -0.39 is 65.0 Å². The lowest BCUT2D eigenvalue weighted by atomic mass is 9.87. The Hall–Kier alpha value is -4.13. The summed E-state index contributed by atoms with van der Waals surface area (Å²) < 4.78 is 74.6. The molecular formula is C35H39F5N4O4. The molecule has 2 aliphatic heterocycles. The number of carboxylic acids is 1. The number of hydrogen-bond donors (Lipinski definition) is 2. The van der Waals surface area contributed by atoms with Gasteiger partial charge in [-0.3, -0.25) is 14.2 Å². The number of amides is 1. The maximum absolute atomic E-state index is 15.9. The predicted octanol–water partition coefficient (Wildman–Crippen LogP) is 6.62. The Morgan fingerprint density at radius 2 is 1.69 bits per heavy atom. The van der Waals surface area contributed by atoms with Gasteiger partial charge in [0.15, 0.2) is 0 Å². The number of carbonyl (C=O) groups excluding carboxylic acids is 1. The third-order valence-electron chi connectivity index (χ3n) is 9.39. The summed E-state index contributed by atoms with van der Waals surface area (Å²) in [4.78, 5) is 45.6. The highest BCUT2D eigenvalue weighted by molar-refractivity contribution is 5.82. The first-order valence-corrected chi connectivity index (χ1v) is 16.1. The smallest absolute Gasteiger partial charge is 0.419 e. The Morgan fingerprint density at radius 1 is 1.00 bits per heavy atom. The third-order valence-corrected chi connectivity index (χ3v) is 9.39. The van der Waals surface area contributed by atoms with Gasteiger partial charge >= 0.3 is 17.8 Å². The van der Waals surface area contributed by atoms with E-state index in [-0.39, 0.29) is 17.9 Å². The van der Waals surface area contributed by atoms with Gasteiger partial charge in [0.25, 0.3) is 0 Å². The van der Waals surface area contributed by atoms with Gasteiger partial charge in [-0.05, 0) is 92.2 Å². The molecule has 0 saturated carbocycles. The van der Waals surface area contributed by atoms with Crippen LogP contribution in [0.15, 0.2) is 35.3 Å². The zero-order valence-electron chi connectivity index (χ0n) is 27.1. The summed E-state index contributed by atoms with van der Waals surface area (Å²) >= 11 is 0. The minimum Gasteiger partial charge on any atom is -0.481 e. The number of rotatable bonds is 4. The van der Waals surface area contributed by atoms with Crippen LogP contribution in [0.3, 0.4) is 0 Å². The Morgan fingerprint density at radius 3 is 2.35 bits per heavy atom. The first-order valence-electron chi connectivity index (χ1n) is 16.1. The molecule has 3 aromatic rings. The van der Waals surface area contributed by atoms with Gasteiger partial charge in [0.05, 0.1) is 18.0 Å². The number of nitrogens with zero attached hydrogens (tertiary/aromatic N) is 3. The van der Waals surface area contributed by atoms with E-state index in [2.05, 4.69) is 15.2 Å². The number of aryl methyl sites for hydroxylation is 3. The van der Waals surface area contributed by atoms with Crippen LogP contribution in [0, 0.1) is 25.5 Å². The second-order valence-electron chi connectivity index (χ2n) is 13.1. The van der Waals surface area contributed by atoms with E-state index in [1.807, 2.05) is 7.05 Å². The zero-order chi connectivity index (χ0) is 34.9. The Kier molecular flexibility index (Phi) is 10.4. The molecule has 258 valence electrons. The summed E-state index contributed by atoms with van der Waals surface area (Å²) in [5.41, 5.74) is -0.702. The topological polar surface area (TPSA) is 105 Å². The van der Waals surface area contributed by atoms with Gasteiger partial charge in [0.2, 0.25) is 5.91 Å². The maximum atomic E-state index is 15.9. The van der Waals surface area contributed by atoms with Crippen molar-refractivity contribution in [3.8, 4) is 11.1 Å². The Labute approximate surface area is 275 Å². The largest absolute Gasteiger partial charge is 0.481 e. The van der Waals surface area contributed by atoms with Crippen LogP contribution in [-0.4, -0.2) is 51.6 Å². The predicted molar refractivity (Wildman–Crippen MR) is 169 cm³/mol. The monoisotopic (exact) mass is 674 g/mol. The minimum absolute atomic E-state index is 0.0754. The van der Waals surface area contributed by atoms with E-state index >= 15 is 4.39 Å². The summed E-state index contributed by atoms with van der Waals surface area (Å²) in [6, 6.07) is 1.28. The number of fused-ring (bicyclic) bond motifs is 4. The fraction of sp³-hybridized carbons (Fsp3) is 0.486. The second kappa shape index (κ2) is 14.2. The van der Waals surface area contributed by atoms with E-state index in [9.17, 15) is 37.1 Å². The molecular weight excluding hydrogens is 635 g/mol. The lowest BCUT2D eigenvalue weighted by Crippen LogP contribution is -2.44. The molecule has 1 saturated heterocycles. The van der Waals surface area contributed by atoms with Gasteiger partial charge in [-0.15, -0.1) is 0 Å². The van der Waals surface area contributed by atoms with E-state index in [1.165, 1.54) is 16.7 Å². The number of alkyl halides is 3. The number of likely N-dealkylation sites (N-methyl/N-ethyl adjacent to an activating group) is 1. The maximum Gasteiger partial charge on any atom is 0.419 e. The van der Waals surface area contributed by atoms with Crippen LogP contribution >= 0.6 is 0 Å². The van der Waals surface area contributed by atoms with Crippen LogP contribution < -0.4 is 11.0 Å². The standard InChI is InChI=1S/C35H39F5N4O4/c1-19-11-24(36)12-21-9-7-5-4-6-8-10-29(44-18-26(20(2)41-34(44)48)23-16-43(3)17-23)33(47)42-28(15-30(45)46)25-13-22(31(19)21)14-27(32(25)37)35(38,39)40/h11-14,18,23,28-29H,4-10,15-17H2,1-3H3,(H,42,47)(H,45,46)/t28-,29-/m0/s1. The number of halogens is 5. The summed E-state index contributed by atoms with van der Waals surface area (Å²) in [7, 11) is 1.95. The fourth-order valence-corrected chi connectivity index (χ4v) is 7.02. The molecule has 48 heavy (non-hydrogen) atoms. The number of hydrogen-bond acceptors (Lipinski definition) is 5. The molecule has 2 atom stereocenters. The van der Waals surface area contributed by atoms with Crippen molar-refractivity contribution in [3.05, 3.63) is 86.1 Å². The van der Waals surface area contributed by atoms with Crippen LogP contribution in [0.2, 0.25) is 0 Å². The molecule has 13 heteroatoms. The lowest BCUT2D eigenvalue weighted by molar-refractivity contribution is -0.140. The van der Waals surface area contributed by atoms with Crippen molar-refractivity contribution < 1.29 is 36.6 Å². The van der Waals surface area contributed by atoms with Crippen molar-refractivity contribution in [2.75, 3.05) is 20.1 Å². The van der Waals surface area contributed by atoms with Crippen LogP contribution in [0.5, 0.6) is 0 Å². The van der Waals surface area contributed by atoms with Gasteiger partial charge < -0.3 is 15.3 Å². The molecule has 2 aliphatic rings. The van der Waals surface area contributed by atoms with Crippen LogP contribution in [0.1, 0.15) is 96.5 Å². The van der Waals surface area contributed by atoms with Crippen molar-refractivity contribution in [2.45, 2.75) is 89.4 Å². The number of carbonyl (C=O) groups is 2. The normalized spacial score (nSPS) is 20.1. The highest BCUT2D eigenvalue weighted by atomic mass is 19.4. The molecule has 2 bridgehead atoms. The molecule has 2 N–H and O–H groups in total. The molecule has 1 amide bonds. The van der Waals surface area contributed by atoms with Crippen molar-refractivity contribution in [2.24, 2.45) is 0 Å². The summed E-state index contributed by atoms with van der Waals surface area (Å²) in [5, 5.41) is 12.3. The molecule has 0 radical (unpaired) electrons. The molecule has 1 fully saturated rings. The zero-order valence-corrected chi connectivity index (χ0v) is 27.1. The van der Waals surface area contributed by atoms with Gasteiger partial charge in [0, 0.05) is 36.5 Å². The fourth-order valence-electron chi connectivity index (χ4n) is 7.02. The van der Waals surface area contributed by atoms with Crippen LogP contribution in [0.4, 0.5) is 22.0 Å². The molecule has 0 unspecified atom stereocenters. The third kappa shape index (κ3) is 7.61. The first kappa shape index (κ1) is 35.2. The second-order valence-corrected chi connectivity index (χ2v) is 13.1.